The van der Waals surface area contributed by atoms with Crippen LogP contribution >= 0.6 is 0 Å². The van der Waals surface area contributed by atoms with Gasteiger partial charge in [0.1, 0.15) is 6.29 Å². The summed E-state index contributed by atoms with van der Waals surface area (Å²) in [6, 6.07) is 0. The van der Waals surface area contributed by atoms with E-state index in [-0.39, 0.29) is 5.41 Å². The highest BCUT2D eigenvalue weighted by Crippen LogP contribution is 2.67. The first kappa shape index (κ1) is 17.7. The van der Waals surface area contributed by atoms with Crippen LogP contribution in [-0.4, -0.2) is 30.2 Å². The van der Waals surface area contributed by atoms with Crippen molar-refractivity contribution in [1.82, 2.24) is 0 Å². The highest BCUT2D eigenvalue weighted by Gasteiger charge is 2.63. The molecule has 1 N–H and O–H groups in total. The molecule has 5 aliphatic rings. The van der Waals surface area contributed by atoms with Crippen molar-refractivity contribution in [1.29, 1.82) is 0 Å². The van der Waals surface area contributed by atoms with E-state index in [0.717, 1.165) is 42.4 Å². The maximum absolute atomic E-state index is 11.9. The number of fused-ring (bicyclic) bond motifs is 5. The molecule has 0 aromatic heterocycles. The van der Waals surface area contributed by atoms with Crippen LogP contribution in [0.3, 0.4) is 0 Å². The van der Waals surface area contributed by atoms with E-state index < -0.39 is 5.60 Å². The molecule has 1 heterocycles. The van der Waals surface area contributed by atoms with Gasteiger partial charge in [0.25, 0.3) is 0 Å². The van der Waals surface area contributed by atoms with Gasteiger partial charge >= 0.3 is 0 Å². The predicted molar refractivity (Wildman–Crippen MR) is 101 cm³/mol. The van der Waals surface area contributed by atoms with Gasteiger partial charge in [0.15, 0.2) is 0 Å². The molecule has 0 bridgehead atoms. The van der Waals surface area contributed by atoms with Crippen LogP contribution in [0.4, 0.5) is 0 Å². The fraction of sp³-hybridized carbons (Fsp3) is 0.957. The summed E-state index contributed by atoms with van der Waals surface area (Å²) in [6.07, 6.45) is 12.4. The summed E-state index contributed by atoms with van der Waals surface area (Å²) in [5.41, 5.74) is -0.244. The van der Waals surface area contributed by atoms with Crippen molar-refractivity contribution >= 4 is 6.29 Å². The van der Waals surface area contributed by atoms with Crippen molar-refractivity contribution in [2.24, 2.45) is 46.3 Å². The molecule has 5 rings (SSSR count). The summed E-state index contributed by atoms with van der Waals surface area (Å²) >= 11 is 0. The van der Waals surface area contributed by atoms with Gasteiger partial charge < -0.3 is 14.6 Å². The third kappa shape index (κ3) is 2.35. The lowest BCUT2D eigenvalue weighted by atomic mass is 9.47. The summed E-state index contributed by atoms with van der Waals surface area (Å²) in [6.45, 7) is 5.90. The Kier molecular flexibility index (Phi) is 3.94. The molecule has 0 radical (unpaired) electrons. The molecule has 1 saturated heterocycles. The maximum Gasteiger partial charge on any atom is 0.131 e. The van der Waals surface area contributed by atoms with Crippen LogP contribution in [0, 0.1) is 46.3 Å². The molecule has 0 amide bonds. The molecule has 3 heteroatoms. The van der Waals surface area contributed by atoms with E-state index in [1.165, 1.54) is 51.2 Å². The van der Waals surface area contributed by atoms with Gasteiger partial charge in [-0.2, -0.15) is 0 Å². The molecule has 146 valence electrons. The lowest BCUT2D eigenvalue weighted by Gasteiger charge is -2.59. The molecule has 3 nitrogen and oxygen atoms in total. The lowest BCUT2D eigenvalue weighted by Crippen LogP contribution is -2.56. The Morgan fingerprint density at radius 2 is 1.69 bits per heavy atom. The minimum atomic E-state index is -0.420. The van der Waals surface area contributed by atoms with E-state index >= 15 is 0 Å². The molecular formula is C23H36O3. The van der Waals surface area contributed by atoms with E-state index in [0.29, 0.717) is 24.5 Å². The van der Waals surface area contributed by atoms with Gasteiger partial charge in [-0.05, 0) is 106 Å². The first-order valence-electron chi connectivity index (χ1n) is 11.2. The van der Waals surface area contributed by atoms with E-state index in [1.807, 2.05) is 6.92 Å². The smallest absolute Gasteiger partial charge is 0.131 e. The van der Waals surface area contributed by atoms with Crippen LogP contribution in [0.25, 0.3) is 0 Å². The Labute approximate surface area is 158 Å². The van der Waals surface area contributed by atoms with E-state index in [2.05, 4.69) is 6.92 Å². The zero-order valence-corrected chi connectivity index (χ0v) is 16.6. The average Bonchev–Trinajstić information content (AvgIpc) is 2.91. The normalized spacial score (nSPS) is 55.2. The third-order valence-electron chi connectivity index (χ3n) is 9.91. The SMILES string of the molecule is C[C@@]1(O)CC[C@H]2[C@H](CC[C@@H]3[C@@H]2CC[C@]2(C)[C@@H](C4(C=O)COC4)CC[C@@H]32)C1. The van der Waals surface area contributed by atoms with E-state index in [9.17, 15) is 9.90 Å². The Morgan fingerprint density at radius 3 is 2.38 bits per heavy atom. The predicted octanol–water partition coefficient (Wildman–Crippen LogP) is 4.22. The Morgan fingerprint density at radius 1 is 0.923 bits per heavy atom. The number of rotatable bonds is 2. The Bertz CT molecular complexity index is 580. The van der Waals surface area contributed by atoms with Crippen molar-refractivity contribution in [2.75, 3.05) is 13.2 Å². The fourth-order valence-electron chi connectivity index (χ4n) is 8.72. The van der Waals surface area contributed by atoms with Crippen molar-refractivity contribution in [3.8, 4) is 0 Å². The summed E-state index contributed by atoms with van der Waals surface area (Å²) in [7, 11) is 0. The second-order valence-electron chi connectivity index (χ2n) is 11.2. The molecule has 0 unspecified atom stereocenters. The van der Waals surface area contributed by atoms with Gasteiger partial charge in [0.05, 0.1) is 24.2 Å². The molecular weight excluding hydrogens is 324 g/mol. The van der Waals surface area contributed by atoms with Crippen molar-refractivity contribution < 1.29 is 14.6 Å². The highest BCUT2D eigenvalue weighted by molar-refractivity contribution is 5.62. The van der Waals surface area contributed by atoms with Gasteiger partial charge in [-0.15, -0.1) is 0 Å². The van der Waals surface area contributed by atoms with Gasteiger partial charge in [-0.1, -0.05) is 6.92 Å². The number of carbonyl (C=O) groups is 1. The van der Waals surface area contributed by atoms with Crippen LogP contribution in [0.5, 0.6) is 0 Å². The third-order valence-corrected chi connectivity index (χ3v) is 9.91. The number of hydrogen-bond acceptors (Lipinski definition) is 3. The largest absolute Gasteiger partial charge is 0.390 e. The molecule has 5 fully saturated rings. The second-order valence-corrected chi connectivity index (χ2v) is 11.2. The Hall–Kier alpha value is -0.410. The van der Waals surface area contributed by atoms with Crippen LogP contribution < -0.4 is 0 Å². The molecule has 0 aromatic rings. The second kappa shape index (κ2) is 5.80. The number of carbonyl (C=O) groups excluding carboxylic acids is 1. The van der Waals surface area contributed by atoms with E-state index in [4.69, 9.17) is 4.74 Å². The molecule has 4 aliphatic carbocycles. The number of hydrogen-bond donors (Lipinski definition) is 1. The quantitative estimate of drug-likeness (QED) is 0.750. The molecule has 0 aromatic carbocycles. The monoisotopic (exact) mass is 360 g/mol. The first-order chi connectivity index (χ1) is 12.4. The van der Waals surface area contributed by atoms with Gasteiger partial charge in [-0.25, -0.2) is 0 Å². The zero-order valence-electron chi connectivity index (χ0n) is 16.6. The van der Waals surface area contributed by atoms with Crippen molar-refractivity contribution in [3.63, 3.8) is 0 Å². The van der Waals surface area contributed by atoms with Crippen LogP contribution in [-0.2, 0) is 9.53 Å². The minimum absolute atomic E-state index is 0.170. The average molecular weight is 361 g/mol. The van der Waals surface area contributed by atoms with Crippen LogP contribution in [0.2, 0.25) is 0 Å². The molecule has 8 atom stereocenters. The highest BCUT2D eigenvalue weighted by atomic mass is 16.5. The maximum atomic E-state index is 11.9. The standard InChI is InChI=1S/C23H36O3/c1-21(25)9-7-16-15(11-21)3-4-18-17(16)8-10-22(2)19(18)5-6-20(22)23(12-24)13-26-14-23/h12,15-20,25H,3-11,13-14H2,1-2H3/t15-,16+,17-,18-,19+,20+,21-,22+/m1/s1. The van der Waals surface area contributed by atoms with Crippen molar-refractivity contribution in [2.45, 2.75) is 77.2 Å². The van der Waals surface area contributed by atoms with Crippen LogP contribution in [0.15, 0.2) is 0 Å². The number of aliphatic hydroxyl groups is 1. The van der Waals surface area contributed by atoms with Gasteiger partial charge in [-0.3, -0.25) is 0 Å². The van der Waals surface area contributed by atoms with Crippen LogP contribution in [0.1, 0.15) is 71.6 Å². The summed E-state index contributed by atoms with van der Waals surface area (Å²) in [5, 5.41) is 10.5. The van der Waals surface area contributed by atoms with Gasteiger partial charge in [0.2, 0.25) is 0 Å². The molecule has 0 spiro atoms. The molecule has 4 saturated carbocycles. The minimum Gasteiger partial charge on any atom is -0.390 e. The van der Waals surface area contributed by atoms with E-state index in [1.54, 1.807) is 0 Å². The number of aldehydes is 1. The zero-order chi connectivity index (χ0) is 18.2. The topological polar surface area (TPSA) is 46.5 Å². The summed E-state index contributed by atoms with van der Waals surface area (Å²) in [5.74, 6) is 4.70. The lowest BCUT2D eigenvalue weighted by molar-refractivity contribution is -0.181. The first-order valence-corrected chi connectivity index (χ1v) is 11.2. The number of ether oxygens (including phenoxy) is 1. The molecule has 1 aliphatic heterocycles. The summed E-state index contributed by atoms with van der Waals surface area (Å²) < 4.78 is 5.51. The Balaban J connectivity index is 1.38. The van der Waals surface area contributed by atoms with Gasteiger partial charge in [0, 0.05) is 0 Å². The fourth-order valence-corrected chi connectivity index (χ4v) is 8.72. The van der Waals surface area contributed by atoms with Crippen molar-refractivity contribution in [3.05, 3.63) is 0 Å². The molecule has 26 heavy (non-hydrogen) atoms. The summed E-state index contributed by atoms with van der Waals surface area (Å²) in [4.78, 5) is 11.9.